The second-order valence-electron chi connectivity index (χ2n) is 7.94. The van der Waals surface area contributed by atoms with E-state index in [4.69, 9.17) is 4.74 Å². The average Bonchev–Trinajstić information content (AvgIpc) is 3.39. The quantitative estimate of drug-likeness (QED) is 0.767. The predicted octanol–water partition coefficient (Wildman–Crippen LogP) is 3.92. The van der Waals surface area contributed by atoms with Crippen LogP contribution < -0.4 is 5.32 Å². The van der Waals surface area contributed by atoms with Crippen LogP contribution in [0.3, 0.4) is 0 Å². The highest BCUT2D eigenvalue weighted by atomic mass is 32.2. The molecule has 0 unspecified atom stereocenters. The van der Waals surface area contributed by atoms with E-state index >= 15 is 0 Å². The fraction of sp³-hybridized carbons (Fsp3) is 0.476. The van der Waals surface area contributed by atoms with Gasteiger partial charge in [-0.3, -0.25) is 0 Å². The van der Waals surface area contributed by atoms with Crippen LogP contribution in [-0.4, -0.2) is 55.5 Å². The first-order chi connectivity index (χ1) is 14.3. The van der Waals surface area contributed by atoms with Gasteiger partial charge in [0.1, 0.15) is 0 Å². The Kier molecular flexibility index (Phi) is 6.15. The molecular weight excluding hydrogens is 422 g/mol. The molecule has 162 valence electrons. The van der Waals surface area contributed by atoms with Crippen LogP contribution in [0, 0.1) is 0 Å². The van der Waals surface area contributed by atoms with Crippen LogP contribution in [0.2, 0.25) is 0 Å². The van der Waals surface area contributed by atoms with Crippen LogP contribution in [-0.2, 0) is 14.8 Å². The van der Waals surface area contributed by atoms with Crippen molar-refractivity contribution >= 4 is 33.1 Å². The van der Waals surface area contributed by atoms with Gasteiger partial charge in [0, 0.05) is 25.3 Å². The van der Waals surface area contributed by atoms with E-state index in [1.54, 1.807) is 35.6 Å². The van der Waals surface area contributed by atoms with Gasteiger partial charge in [-0.1, -0.05) is 0 Å². The maximum Gasteiger partial charge on any atom is 0.322 e. The minimum atomic E-state index is -3.60. The Morgan fingerprint density at radius 3 is 2.47 bits per heavy atom. The van der Waals surface area contributed by atoms with Gasteiger partial charge in [0.15, 0.2) is 0 Å². The number of hydrogen-bond acceptors (Lipinski definition) is 5. The van der Waals surface area contributed by atoms with Gasteiger partial charge in [-0.2, -0.15) is 15.6 Å². The summed E-state index contributed by atoms with van der Waals surface area (Å²) in [6, 6.07) is 8.40. The number of anilines is 1. The van der Waals surface area contributed by atoms with Gasteiger partial charge >= 0.3 is 6.03 Å². The van der Waals surface area contributed by atoms with Gasteiger partial charge in [-0.15, -0.1) is 0 Å². The number of amides is 2. The van der Waals surface area contributed by atoms with Gasteiger partial charge < -0.3 is 15.0 Å². The molecule has 0 saturated carbocycles. The number of benzene rings is 1. The summed E-state index contributed by atoms with van der Waals surface area (Å²) in [6.45, 7) is 5.14. The molecule has 3 atom stereocenters. The molecule has 2 saturated heterocycles. The molecule has 2 fully saturated rings. The zero-order valence-electron chi connectivity index (χ0n) is 17.2. The van der Waals surface area contributed by atoms with Gasteiger partial charge in [0.05, 0.1) is 23.1 Å². The number of thiophene rings is 1. The van der Waals surface area contributed by atoms with Crippen molar-refractivity contribution in [1.29, 1.82) is 0 Å². The molecular formula is C21H27N3O4S2. The SMILES string of the molecule is C[C@@H]1CN(S(=O)(=O)c2ccc(NC(=O)N3CCC[C@@H]3c3ccsc3)cc2)C[C@H](C)O1. The van der Waals surface area contributed by atoms with Crippen molar-refractivity contribution in [2.45, 2.75) is 49.8 Å². The second kappa shape index (κ2) is 8.66. The summed E-state index contributed by atoms with van der Waals surface area (Å²) >= 11 is 1.63. The molecule has 3 heterocycles. The summed E-state index contributed by atoms with van der Waals surface area (Å²) in [7, 11) is -3.60. The van der Waals surface area contributed by atoms with Crippen LogP contribution in [0.15, 0.2) is 46.0 Å². The summed E-state index contributed by atoms with van der Waals surface area (Å²) in [5, 5.41) is 7.02. The van der Waals surface area contributed by atoms with E-state index in [1.807, 2.05) is 24.1 Å². The summed E-state index contributed by atoms with van der Waals surface area (Å²) in [4.78, 5) is 14.9. The number of morpholine rings is 1. The van der Waals surface area contributed by atoms with Crippen LogP contribution in [0.1, 0.15) is 38.3 Å². The summed E-state index contributed by atoms with van der Waals surface area (Å²) in [5.41, 5.74) is 1.75. The average molecular weight is 450 g/mol. The zero-order valence-corrected chi connectivity index (χ0v) is 18.8. The van der Waals surface area contributed by atoms with Crippen LogP contribution >= 0.6 is 11.3 Å². The normalized spacial score (nSPS) is 25.4. The third-order valence-corrected chi connectivity index (χ3v) is 8.12. The van der Waals surface area contributed by atoms with Crippen LogP contribution in [0.4, 0.5) is 10.5 Å². The number of nitrogens with one attached hydrogen (secondary N) is 1. The van der Waals surface area contributed by atoms with Crippen LogP contribution in [0.5, 0.6) is 0 Å². The Morgan fingerprint density at radius 2 is 1.83 bits per heavy atom. The Morgan fingerprint density at radius 1 is 1.13 bits per heavy atom. The van der Waals surface area contributed by atoms with E-state index in [2.05, 4.69) is 16.8 Å². The van der Waals surface area contributed by atoms with Crippen molar-refractivity contribution in [3.05, 3.63) is 46.7 Å². The first-order valence-electron chi connectivity index (χ1n) is 10.2. The molecule has 0 radical (unpaired) electrons. The molecule has 2 amide bonds. The molecule has 1 N–H and O–H groups in total. The molecule has 2 aromatic rings. The van der Waals surface area contributed by atoms with Gasteiger partial charge in [0.25, 0.3) is 0 Å². The fourth-order valence-electron chi connectivity index (χ4n) is 4.20. The van der Waals surface area contributed by atoms with Crippen LogP contribution in [0.25, 0.3) is 0 Å². The van der Waals surface area contributed by atoms with E-state index in [-0.39, 0.29) is 29.2 Å². The molecule has 2 aliphatic rings. The highest BCUT2D eigenvalue weighted by molar-refractivity contribution is 7.89. The van der Waals surface area contributed by atoms with E-state index in [0.29, 0.717) is 25.3 Å². The zero-order chi connectivity index (χ0) is 21.3. The summed E-state index contributed by atoms with van der Waals surface area (Å²) < 4.78 is 33.0. The van der Waals surface area contributed by atoms with Gasteiger partial charge in [-0.25, -0.2) is 13.2 Å². The van der Waals surface area contributed by atoms with Gasteiger partial charge in [-0.05, 0) is 73.3 Å². The van der Waals surface area contributed by atoms with Crippen molar-refractivity contribution in [3.63, 3.8) is 0 Å². The predicted molar refractivity (Wildman–Crippen MR) is 117 cm³/mol. The third kappa shape index (κ3) is 4.39. The van der Waals surface area contributed by atoms with Gasteiger partial charge in [0.2, 0.25) is 10.0 Å². The number of carbonyl (C=O) groups excluding carboxylic acids is 1. The minimum absolute atomic E-state index is 0.0983. The van der Waals surface area contributed by atoms with Crippen molar-refractivity contribution in [2.24, 2.45) is 0 Å². The minimum Gasteiger partial charge on any atom is -0.373 e. The van der Waals surface area contributed by atoms with E-state index < -0.39 is 10.0 Å². The number of likely N-dealkylation sites (tertiary alicyclic amines) is 1. The monoisotopic (exact) mass is 449 g/mol. The lowest BCUT2D eigenvalue weighted by molar-refractivity contribution is -0.0440. The highest BCUT2D eigenvalue weighted by Gasteiger charge is 2.33. The first kappa shape index (κ1) is 21.3. The molecule has 0 spiro atoms. The molecule has 0 bridgehead atoms. The number of sulfonamides is 1. The summed E-state index contributed by atoms with van der Waals surface area (Å²) in [6.07, 6.45) is 1.65. The Bertz CT molecular complexity index is 966. The Balaban J connectivity index is 1.44. The molecule has 7 nitrogen and oxygen atoms in total. The highest BCUT2D eigenvalue weighted by Crippen LogP contribution is 2.33. The van der Waals surface area contributed by atoms with E-state index in [9.17, 15) is 13.2 Å². The topological polar surface area (TPSA) is 79.0 Å². The number of carbonyl (C=O) groups is 1. The largest absolute Gasteiger partial charge is 0.373 e. The van der Waals surface area contributed by atoms with Crippen molar-refractivity contribution < 1.29 is 17.9 Å². The number of ether oxygens (including phenoxy) is 1. The number of urea groups is 1. The summed E-state index contributed by atoms with van der Waals surface area (Å²) in [5.74, 6) is 0. The molecule has 1 aromatic heterocycles. The smallest absolute Gasteiger partial charge is 0.322 e. The number of nitrogens with zero attached hydrogens (tertiary/aromatic N) is 2. The fourth-order valence-corrected chi connectivity index (χ4v) is 6.50. The lowest BCUT2D eigenvalue weighted by Crippen LogP contribution is -2.48. The number of rotatable bonds is 4. The molecule has 30 heavy (non-hydrogen) atoms. The Hall–Kier alpha value is -1.94. The molecule has 9 heteroatoms. The maximum absolute atomic E-state index is 13.0. The lowest BCUT2D eigenvalue weighted by Gasteiger charge is -2.34. The van der Waals surface area contributed by atoms with Crippen molar-refractivity contribution in [2.75, 3.05) is 25.0 Å². The molecule has 0 aliphatic carbocycles. The maximum atomic E-state index is 13.0. The molecule has 2 aliphatic heterocycles. The lowest BCUT2D eigenvalue weighted by atomic mass is 10.1. The molecule has 4 rings (SSSR count). The Labute approximate surface area is 181 Å². The van der Waals surface area contributed by atoms with Crippen molar-refractivity contribution in [1.82, 2.24) is 9.21 Å². The molecule has 1 aromatic carbocycles. The third-order valence-electron chi connectivity index (χ3n) is 5.57. The van der Waals surface area contributed by atoms with Crippen molar-refractivity contribution in [3.8, 4) is 0 Å². The number of hydrogen-bond donors (Lipinski definition) is 1. The second-order valence-corrected chi connectivity index (χ2v) is 10.7. The first-order valence-corrected chi connectivity index (χ1v) is 12.6. The van der Waals surface area contributed by atoms with E-state index in [1.165, 1.54) is 9.87 Å². The van der Waals surface area contributed by atoms with E-state index in [0.717, 1.165) is 12.8 Å². The standard InChI is InChI=1S/C21H27N3O4S2/c1-15-12-23(13-16(2)28-15)30(26,27)19-7-5-18(6-8-19)22-21(25)24-10-3-4-20(24)17-9-11-29-14-17/h5-9,11,14-16,20H,3-4,10,12-13H2,1-2H3,(H,22,25)/t15-,16+,20-/m1/s1.